The van der Waals surface area contributed by atoms with Gasteiger partial charge in [-0.15, -0.1) is 0 Å². The van der Waals surface area contributed by atoms with Crippen LogP contribution in [0.3, 0.4) is 0 Å². The fraction of sp³-hybridized carbons (Fsp3) is 0.286. The van der Waals surface area contributed by atoms with Crippen LogP contribution in [0.15, 0.2) is 49.1 Å². The monoisotopic (exact) mass is 440 g/mol. The Labute approximate surface area is 183 Å². The minimum atomic E-state index is -0.542. The Morgan fingerprint density at radius 3 is 2.59 bits per heavy atom. The summed E-state index contributed by atoms with van der Waals surface area (Å²) in [7, 11) is 1.42. The molecule has 0 spiro atoms. The molecule has 3 aromatic rings. The smallest absolute Gasteiger partial charge is 0.295 e. The molecule has 10 nitrogen and oxygen atoms in total. The summed E-state index contributed by atoms with van der Waals surface area (Å²) in [5.41, 5.74) is 1.08. The molecule has 0 aliphatic carbocycles. The van der Waals surface area contributed by atoms with E-state index in [2.05, 4.69) is 15.0 Å². The highest BCUT2D eigenvalue weighted by atomic mass is 19.1. The van der Waals surface area contributed by atoms with Gasteiger partial charge in [0.25, 0.3) is 11.6 Å². The van der Waals surface area contributed by atoms with Gasteiger partial charge in [-0.1, -0.05) is 6.07 Å². The van der Waals surface area contributed by atoms with E-state index in [0.717, 1.165) is 5.56 Å². The van der Waals surface area contributed by atoms with Crippen LogP contribution >= 0.6 is 0 Å². The molecule has 1 amide bonds. The lowest BCUT2D eigenvalue weighted by atomic mass is 10.1. The van der Waals surface area contributed by atoms with Crippen LogP contribution in [-0.2, 0) is 6.54 Å². The zero-order valence-corrected chi connectivity index (χ0v) is 17.3. The van der Waals surface area contributed by atoms with Gasteiger partial charge in [0.2, 0.25) is 0 Å². The van der Waals surface area contributed by atoms with Gasteiger partial charge in [-0.3, -0.25) is 19.8 Å². The number of rotatable bonds is 6. The second-order valence-electron chi connectivity index (χ2n) is 7.34. The fourth-order valence-electron chi connectivity index (χ4n) is 3.69. The standard InChI is InChI=1S/C21H21FN6O4/c1-32-20-5-2-15(10-17(20)22)12-25-6-8-26(9-7-25)21(29)16-3-4-18(19(11-16)28(30)31)27-14-23-13-24-27/h2-5,10-11,13-14H,6-9,12H2,1H3. The minimum Gasteiger partial charge on any atom is -0.494 e. The normalized spacial score (nSPS) is 14.4. The summed E-state index contributed by atoms with van der Waals surface area (Å²) in [6.45, 7) is 2.71. The highest BCUT2D eigenvalue weighted by molar-refractivity contribution is 5.95. The van der Waals surface area contributed by atoms with Crippen LogP contribution in [0.5, 0.6) is 5.75 Å². The maximum atomic E-state index is 13.9. The third-order valence-corrected chi connectivity index (χ3v) is 5.37. The maximum absolute atomic E-state index is 13.9. The van der Waals surface area contributed by atoms with Gasteiger partial charge in [0.15, 0.2) is 11.6 Å². The number of nitro groups is 1. The topological polar surface area (TPSA) is 107 Å². The van der Waals surface area contributed by atoms with E-state index in [-0.39, 0.29) is 28.6 Å². The van der Waals surface area contributed by atoms with Gasteiger partial charge in [0.1, 0.15) is 18.3 Å². The van der Waals surface area contributed by atoms with E-state index in [1.165, 1.54) is 42.6 Å². The number of halogens is 1. The molecule has 2 aromatic carbocycles. The van der Waals surface area contributed by atoms with Crippen molar-refractivity contribution in [1.82, 2.24) is 24.6 Å². The first kappa shape index (κ1) is 21.4. The van der Waals surface area contributed by atoms with Crippen molar-refractivity contribution >= 4 is 11.6 Å². The van der Waals surface area contributed by atoms with E-state index in [1.54, 1.807) is 17.0 Å². The van der Waals surface area contributed by atoms with Crippen molar-refractivity contribution in [1.29, 1.82) is 0 Å². The SMILES string of the molecule is COc1ccc(CN2CCN(C(=O)c3ccc(-n4cncn4)c([N+](=O)[O-])c3)CC2)cc1F. The van der Waals surface area contributed by atoms with E-state index < -0.39 is 10.7 Å². The molecule has 4 rings (SSSR count). The quantitative estimate of drug-likeness (QED) is 0.428. The summed E-state index contributed by atoms with van der Waals surface area (Å²) in [6.07, 6.45) is 2.64. The van der Waals surface area contributed by atoms with Crippen molar-refractivity contribution in [3.8, 4) is 11.4 Å². The molecular formula is C21H21FN6O4. The van der Waals surface area contributed by atoms with Crippen molar-refractivity contribution in [2.24, 2.45) is 0 Å². The number of carbonyl (C=O) groups excluding carboxylic acids is 1. The van der Waals surface area contributed by atoms with E-state index >= 15 is 0 Å². The lowest BCUT2D eigenvalue weighted by Crippen LogP contribution is -2.48. The molecule has 0 unspecified atom stereocenters. The van der Waals surface area contributed by atoms with E-state index in [9.17, 15) is 19.3 Å². The Morgan fingerprint density at radius 1 is 1.19 bits per heavy atom. The number of benzene rings is 2. The first-order chi connectivity index (χ1) is 15.5. The number of hydrogen-bond donors (Lipinski definition) is 0. The second kappa shape index (κ2) is 9.10. The summed E-state index contributed by atoms with van der Waals surface area (Å²) in [4.78, 5) is 31.5. The van der Waals surface area contributed by atoms with Gasteiger partial charge in [-0.25, -0.2) is 14.1 Å². The van der Waals surface area contributed by atoms with Gasteiger partial charge in [0.05, 0.1) is 12.0 Å². The number of hydrogen-bond acceptors (Lipinski definition) is 7. The highest BCUT2D eigenvalue weighted by Gasteiger charge is 2.25. The van der Waals surface area contributed by atoms with Crippen LogP contribution in [0.1, 0.15) is 15.9 Å². The number of nitrogens with zero attached hydrogens (tertiary/aromatic N) is 6. The zero-order chi connectivity index (χ0) is 22.7. The van der Waals surface area contributed by atoms with Crippen molar-refractivity contribution < 1.29 is 18.8 Å². The van der Waals surface area contributed by atoms with Crippen molar-refractivity contribution in [3.63, 3.8) is 0 Å². The summed E-state index contributed by atoms with van der Waals surface area (Å²) in [5, 5.41) is 15.4. The predicted molar refractivity (Wildman–Crippen MR) is 112 cm³/mol. The van der Waals surface area contributed by atoms with Crippen LogP contribution in [0, 0.1) is 15.9 Å². The molecule has 0 radical (unpaired) electrons. The molecule has 1 saturated heterocycles. The van der Waals surface area contributed by atoms with Gasteiger partial charge >= 0.3 is 0 Å². The third-order valence-electron chi connectivity index (χ3n) is 5.37. The van der Waals surface area contributed by atoms with Crippen molar-refractivity contribution in [2.75, 3.05) is 33.3 Å². The molecule has 1 aliphatic heterocycles. The lowest BCUT2D eigenvalue weighted by molar-refractivity contribution is -0.384. The van der Waals surface area contributed by atoms with Crippen LogP contribution in [0.4, 0.5) is 10.1 Å². The molecular weight excluding hydrogens is 419 g/mol. The minimum absolute atomic E-state index is 0.202. The molecule has 11 heteroatoms. The molecule has 2 heterocycles. The van der Waals surface area contributed by atoms with E-state index in [0.29, 0.717) is 32.7 Å². The first-order valence-electron chi connectivity index (χ1n) is 9.94. The molecule has 1 fully saturated rings. The Balaban J connectivity index is 1.41. The Kier molecular flexibility index (Phi) is 6.08. The number of methoxy groups -OCH3 is 1. The molecule has 166 valence electrons. The molecule has 32 heavy (non-hydrogen) atoms. The molecule has 0 N–H and O–H groups in total. The number of aromatic nitrogens is 3. The summed E-state index contributed by atoms with van der Waals surface area (Å²) in [5.74, 6) is -0.476. The Hall–Kier alpha value is -3.86. The number of carbonyl (C=O) groups is 1. The van der Waals surface area contributed by atoms with Gasteiger partial charge in [0, 0.05) is 44.4 Å². The van der Waals surface area contributed by atoms with E-state index in [1.807, 2.05) is 6.07 Å². The summed E-state index contributed by atoms with van der Waals surface area (Å²) in [6, 6.07) is 9.18. The van der Waals surface area contributed by atoms with Gasteiger partial charge in [-0.2, -0.15) is 5.10 Å². The average molecular weight is 440 g/mol. The first-order valence-corrected chi connectivity index (χ1v) is 9.94. The molecule has 0 bridgehead atoms. The van der Waals surface area contributed by atoms with Crippen LogP contribution in [0.2, 0.25) is 0 Å². The number of ether oxygens (including phenoxy) is 1. The number of amides is 1. The summed E-state index contributed by atoms with van der Waals surface area (Å²) >= 11 is 0. The van der Waals surface area contributed by atoms with Crippen LogP contribution in [0.25, 0.3) is 5.69 Å². The lowest BCUT2D eigenvalue weighted by Gasteiger charge is -2.34. The highest BCUT2D eigenvalue weighted by Crippen LogP contribution is 2.25. The van der Waals surface area contributed by atoms with Crippen molar-refractivity contribution in [3.05, 3.63) is 76.1 Å². The fourth-order valence-corrected chi connectivity index (χ4v) is 3.69. The Bertz CT molecular complexity index is 1130. The molecule has 0 saturated carbocycles. The summed E-state index contributed by atoms with van der Waals surface area (Å²) < 4.78 is 20.1. The predicted octanol–water partition coefficient (Wildman–Crippen LogP) is 2.28. The second-order valence-corrected chi connectivity index (χ2v) is 7.34. The number of nitro benzene ring substituents is 1. The number of piperazine rings is 1. The van der Waals surface area contributed by atoms with Gasteiger partial charge in [-0.05, 0) is 29.8 Å². The van der Waals surface area contributed by atoms with Crippen LogP contribution < -0.4 is 4.74 Å². The van der Waals surface area contributed by atoms with Gasteiger partial charge < -0.3 is 9.64 Å². The maximum Gasteiger partial charge on any atom is 0.295 e. The molecule has 1 aromatic heterocycles. The Morgan fingerprint density at radius 2 is 1.97 bits per heavy atom. The molecule has 0 atom stereocenters. The van der Waals surface area contributed by atoms with E-state index in [4.69, 9.17) is 4.74 Å². The van der Waals surface area contributed by atoms with Crippen molar-refractivity contribution in [2.45, 2.75) is 6.54 Å². The zero-order valence-electron chi connectivity index (χ0n) is 17.3. The largest absolute Gasteiger partial charge is 0.494 e. The molecule has 1 aliphatic rings. The van der Waals surface area contributed by atoms with Crippen LogP contribution in [-0.4, -0.2) is 68.7 Å². The third kappa shape index (κ3) is 4.42. The average Bonchev–Trinajstić information content (AvgIpc) is 3.34.